The highest BCUT2D eigenvalue weighted by atomic mass is 19.4. The number of ketones is 1. The van der Waals surface area contributed by atoms with Crippen molar-refractivity contribution in [3.8, 4) is 6.07 Å². The number of aliphatic hydroxyl groups is 3. The van der Waals surface area contributed by atoms with Gasteiger partial charge in [0.05, 0.1) is 18.3 Å². The van der Waals surface area contributed by atoms with Crippen LogP contribution >= 0.6 is 0 Å². The number of hydrogen-bond donors (Lipinski definition) is 3. The number of carbonyl (C=O) groups is 1. The molecule has 1 aliphatic rings. The highest BCUT2D eigenvalue weighted by Gasteiger charge is 2.39. The van der Waals surface area contributed by atoms with Gasteiger partial charge in [-0.05, 0) is 47.4 Å². The molecular weight excluding hydrogens is 425 g/mol. The summed E-state index contributed by atoms with van der Waals surface area (Å²) >= 11 is 0. The Morgan fingerprint density at radius 2 is 1.75 bits per heavy atom. The van der Waals surface area contributed by atoms with E-state index < -0.39 is 54.8 Å². The fourth-order valence-corrected chi connectivity index (χ4v) is 3.59. The summed E-state index contributed by atoms with van der Waals surface area (Å²) < 4.78 is 41.8. The Kier molecular flexibility index (Phi) is 7.19. The molecule has 170 valence electrons. The standard InChI is InChI=1S/C23H23F3N2O4/c24-23(25,26)22(18(12-27)19(30)6-7-20(31)21(32)13-29)16-3-2-15-11-17(28-8-1-9-28)5-4-14(15)10-16/h2-5,10-11,20-21,29,31-32H,1,6-9,13H2/b22-18-. The van der Waals surface area contributed by atoms with Crippen molar-refractivity contribution in [3.63, 3.8) is 0 Å². The first kappa shape index (κ1) is 23.7. The quantitative estimate of drug-likeness (QED) is 0.424. The van der Waals surface area contributed by atoms with Crippen LogP contribution in [-0.2, 0) is 4.79 Å². The second-order valence-corrected chi connectivity index (χ2v) is 7.73. The number of benzene rings is 2. The number of rotatable bonds is 8. The molecule has 3 N–H and O–H groups in total. The number of alkyl halides is 3. The molecule has 32 heavy (non-hydrogen) atoms. The van der Waals surface area contributed by atoms with E-state index in [1.165, 1.54) is 24.3 Å². The number of fused-ring (bicyclic) bond motifs is 1. The summed E-state index contributed by atoms with van der Waals surface area (Å²) in [5, 5.41) is 38.5. The molecule has 1 aliphatic heterocycles. The maximum absolute atomic E-state index is 13.9. The number of Topliss-reactive ketones (excluding diaryl/α,β-unsaturated/α-hetero) is 1. The number of nitrogens with zero attached hydrogens (tertiary/aromatic N) is 2. The van der Waals surface area contributed by atoms with E-state index in [9.17, 15) is 33.4 Å². The first-order valence-corrected chi connectivity index (χ1v) is 10.2. The number of allylic oxidation sites excluding steroid dienone is 2. The molecule has 2 unspecified atom stereocenters. The number of anilines is 1. The largest absolute Gasteiger partial charge is 0.418 e. The average molecular weight is 448 g/mol. The zero-order valence-electron chi connectivity index (χ0n) is 17.1. The van der Waals surface area contributed by atoms with E-state index in [1.54, 1.807) is 6.07 Å². The molecule has 0 spiro atoms. The Morgan fingerprint density at radius 3 is 2.31 bits per heavy atom. The lowest BCUT2D eigenvalue weighted by atomic mass is 9.93. The van der Waals surface area contributed by atoms with Crippen LogP contribution in [0.25, 0.3) is 16.3 Å². The molecule has 9 heteroatoms. The van der Waals surface area contributed by atoms with E-state index in [1.807, 2.05) is 12.1 Å². The monoisotopic (exact) mass is 448 g/mol. The third kappa shape index (κ3) is 5.10. The lowest BCUT2D eigenvalue weighted by molar-refractivity contribution is -0.116. The molecule has 6 nitrogen and oxygen atoms in total. The molecule has 0 saturated carbocycles. The minimum Gasteiger partial charge on any atom is -0.394 e. The van der Waals surface area contributed by atoms with Crippen molar-refractivity contribution in [2.24, 2.45) is 0 Å². The minimum atomic E-state index is -4.96. The molecule has 0 bridgehead atoms. The summed E-state index contributed by atoms with van der Waals surface area (Å²) in [7, 11) is 0. The van der Waals surface area contributed by atoms with Crippen LogP contribution in [0.5, 0.6) is 0 Å². The fraction of sp³-hybridized carbons (Fsp3) is 0.391. The molecule has 2 atom stereocenters. The zero-order chi connectivity index (χ0) is 23.5. The number of aliphatic hydroxyl groups excluding tert-OH is 3. The van der Waals surface area contributed by atoms with Crippen LogP contribution in [-0.4, -0.2) is 59.2 Å². The Bertz CT molecular complexity index is 1070. The topological polar surface area (TPSA) is 105 Å². The maximum Gasteiger partial charge on any atom is 0.418 e. The van der Waals surface area contributed by atoms with Crippen molar-refractivity contribution in [1.29, 1.82) is 5.26 Å². The molecule has 1 fully saturated rings. The summed E-state index contributed by atoms with van der Waals surface area (Å²) in [4.78, 5) is 14.6. The molecule has 1 heterocycles. The zero-order valence-corrected chi connectivity index (χ0v) is 17.1. The summed E-state index contributed by atoms with van der Waals surface area (Å²) in [5.41, 5.74) is -1.71. The van der Waals surface area contributed by atoms with Crippen molar-refractivity contribution >= 4 is 27.8 Å². The van der Waals surface area contributed by atoms with Crippen LogP contribution in [0.1, 0.15) is 24.8 Å². The average Bonchev–Trinajstić information content (AvgIpc) is 2.72. The van der Waals surface area contributed by atoms with Gasteiger partial charge < -0.3 is 20.2 Å². The van der Waals surface area contributed by atoms with E-state index in [-0.39, 0.29) is 5.56 Å². The van der Waals surface area contributed by atoms with Crippen molar-refractivity contribution < 1.29 is 33.3 Å². The van der Waals surface area contributed by atoms with Crippen LogP contribution < -0.4 is 4.90 Å². The van der Waals surface area contributed by atoms with Crippen molar-refractivity contribution in [1.82, 2.24) is 0 Å². The smallest absolute Gasteiger partial charge is 0.394 e. The van der Waals surface area contributed by atoms with Crippen molar-refractivity contribution in [2.75, 3.05) is 24.6 Å². The van der Waals surface area contributed by atoms with Gasteiger partial charge in [-0.2, -0.15) is 18.4 Å². The van der Waals surface area contributed by atoms with E-state index in [0.717, 1.165) is 30.6 Å². The summed E-state index contributed by atoms with van der Waals surface area (Å²) in [6.45, 7) is 1.10. The molecule has 3 rings (SSSR count). The Morgan fingerprint density at radius 1 is 1.09 bits per heavy atom. The van der Waals surface area contributed by atoms with Crippen LogP contribution in [0.4, 0.5) is 18.9 Å². The Balaban J connectivity index is 1.96. The van der Waals surface area contributed by atoms with Gasteiger partial charge in [0.2, 0.25) is 0 Å². The molecule has 0 aliphatic carbocycles. The highest BCUT2D eigenvalue weighted by molar-refractivity contribution is 6.07. The summed E-state index contributed by atoms with van der Waals surface area (Å²) in [6.07, 6.45) is -7.88. The van der Waals surface area contributed by atoms with E-state index in [2.05, 4.69) is 4.90 Å². The molecule has 1 saturated heterocycles. The van der Waals surface area contributed by atoms with E-state index in [0.29, 0.717) is 5.39 Å². The van der Waals surface area contributed by atoms with Gasteiger partial charge >= 0.3 is 6.18 Å². The SMILES string of the molecule is N#C/C(C(=O)CCC(O)C(O)CO)=C(\c1ccc2cc(N3CCC3)ccc2c1)C(F)(F)F. The second-order valence-electron chi connectivity index (χ2n) is 7.73. The molecule has 0 radical (unpaired) electrons. The summed E-state index contributed by atoms with van der Waals surface area (Å²) in [6, 6.07) is 10.9. The minimum absolute atomic E-state index is 0.303. The van der Waals surface area contributed by atoms with Crippen molar-refractivity contribution in [3.05, 3.63) is 47.5 Å². The van der Waals surface area contributed by atoms with Crippen LogP contribution in [0.15, 0.2) is 42.0 Å². The first-order valence-electron chi connectivity index (χ1n) is 10.2. The van der Waals surface area contributed by atoms with Crippen LogP contribution in [0.3, 0.4) is 0 Å². The molecule has 0 amide bonds. The Hall–Kier alpha value is -2.93. The third-order valence-electron chi connectivity index (χ3n) is 5.56. The molecule has 2 aromatic carbocycles. The van der Waals surface area contributed by atoms with Gasteiger partial charge in [0.1, 0.15) is 17.7 Å². The lowest BCUT2D eigenvalue weighted by Gasteiger charge is -2.33. The first-order chi connectivity index (χ1) is 15.2. The highest BCUT2D eigenvalue weighted by Crippen LogP contribution is 2.38. The predicted octanol–water partition coefficient (Wildman–Crippen LogP) is 2.95. The second kappa shape index (κ2) is 9.69. The van der Waals surface area contributed by atoms with Crippen molar-refractivity contribution in [2.45, 2.75) is 37.6 Å². The van der Waals surface area contributed by atoms with Gasteiger partial charge in [-0.3, -0.25) is 4.79 Å². The van der Waals surface area contributed by atoms with Gasteiger partial charge in [-0.25, -0.2) is 0 Å². The van der Waals surface area contributed by atoms with Gasteiger partial charge in [0.15, 0.2) is 5.78 Å². The van der Waals surface area contributed by atoms with Crippen LogP contribution in [0, 0.1) is 11.3 Å². The Labute approximate surface area is 182 Å². The van der Waals surface area contributed by atoms with E-state index >= 15 is 0 Å². The molecule has 0 aromatic heterocycles. The van der Waals surface area contributed by atoms with Gasteiger partial charge in [-0.1, -0.05) is 18.2 Å². The van der Waals surface area contributed by atoms with Gasteiger partial charge in [-0.15, -0.1) is 0 Å². The maximum atomic E-state index is 13.9. The molecular formula is C23H23F3N2O4. The summed E-state index contributed by atoms with van der Waals surface area (Å²) in [5.74, 6) is -1.10. The predicted molar refractivity (Wildman–Crippen MR) is 113 cm³/mol. The van der Waals surface area contributed by atoms with Gasteiger partial charge in [0, 0.05) is 25.2 Å². The van der Waals surface area contributed by atoms with E-state index in [4.69, 9.17) is 5.11 Å². The molecule has 2 aromatic rings. The fourth-order valence-electron chi connectivity index (χ4n) is 3.59. The normalized spacial score (nSPS) is 16.7. The number of nitriles is 1. The lowest BCUT2D eigenvalue weighted by Crippen LogP contribution is -2.36. The number of carbonyl (C=O) groups excluding carboxylic acids is 1. The third-order valence-corrected chi connectivity index (χ3v) is 5.56. The number of hydrogen-bond acceptors (Lipinski definition) is 6. The van der Waals surface area contributed by atoms with Crippen LogP contribution in [0.2, 0.25) is 0 Å². The number of halogens is 3. The van der Waals surface area contributed by atoms with Gasteiger partial charge in [0.25, 0.3) is 0 Å².